The number of phenols is 2. The maximum Gasteiger partial charge on any atom is 0.244 e. The number of phenolic OH excluding ortho intramolecular Hbond substituents is 2. The Hall–Kier alpha value is -2.69. The first-order chi connectivity index (χ1) is 13.4. The third-order valence-corrected chi connectivity index (χ3v) is 7.43. The molecule has 0 aliphatic carbocycles. The van der Waals surface area contributed by atoms with Gasteiger partial charge in [-0.3, -0.25) is 4.79 Å². The number of carbonyl (C=O) groups is 1. The predicted octanol–water partition coefficient (Wildman–Crippen LogP) is 2.50. The van der Waals surface area contributed by atoms with Crippen molar-refractivity contribution in [2.24, 2.45) is 0 Å². The van der Waals surface area contributed by atoms with E-state index >= 15 is 0 Å². The van der Waals surface area contributed by atoms with Crippen molar-refractivity contribution in [2.45, 2.75) is 23.8 Å². The molecule has 0 radical (unpaired) electrons. The van der Waals surface area contributed by atoms with Gasteiger partial charge in [0, 0.05) is 18.7 Å². The number of nitrogens with zero attached hydrogens (tertiary/aromatic N) is 2. The largest absolute Gasteiger partial charge is 0.504 e. The topological polar surface area (TPSA) is 120 Å². The van der Waals surface area contributed by atoms with Gasteiger partial charge in [-0.05, 0) is 25.0 Å². The lowest BCUT2D eigenvalue weighted by Crippen LogP contribution is -2.43. The molecule has 1 atom stereocenters. The molecule has 1 aliphatic rings. The molecule has 1 aromatic heterocycles. The molecule has 1 fully saturated rings. The van der Waals surface area contributed by atoms with E-state index in [9.17, 15) is 23.4 Å². The van der Waals surface area contributed by atoms with Gasteiger partial charge < -0.3 is 15.5 Å². The fourth-order valence-corrected chi connectivity index (χ4v) is 5.77. The quantitative estimate of drug-likeness (QED) is 0.559. The number of aromatic nitrogens is 1. The minimum Gasteiger partial charge on any atom is -0.504 e. The lowest BCUT2D eigenvalue weighted by molar-refractivity contribution is -0.119. The molecule has 1 aliphatic heterocycles. The summed E-state index contributed by atoms with van der Waals surface area (Å²) in [6.07, 6.45) is 1.01. The molecule has 0 bridgehead atoms. The molecular weight excluding hydrogens is 402 g/mol. The van der Waals surface area contributed by atoms with Crippen LogP contribution in [-0.4, -0.2) is 46.4 Å². The van der Waals surface area contributed by atoms with Crippen molar-refractivity contribution in [3.8, 4) is 11.5 Å². The van der Waals surface area contributed by atoms with E-state index in [0.29, 0.717) is 23.1 Å². The molecule has 3 N–H and O–H groups in total. The SMILES string of the molecule is O=C(Nc1nc2cc(O)c(O)cc2s1)[C@H]1CCCN1S(=O)(=O)c1ccccc1. The van der Waals surface area contributed by atoms with Crippen LogP contribution in [0.15, 0.2) is 47.4 Å². The third-order valence-electron chi connectivity index (χ3n) is 4.57. The number of thiazole rings is 1. The second-order valence-corrected chi connectivity index (χ2v) is 9.32. The molecule has 10 heteroatoms. The van der Waals surface area contributed by atoms with E-state index in [4.69, 9.17) is 0 Å². The summed E-state index contributed by atoms with van der Waals surface area (Å²) in [4.78, 5) is 17.1. The molecule has 2 heterocycles. The fourth-order valence-electron chi connectivity index (χ4n) is 3.21. The number of amides is 1. The highest BCUT2D eigenvalue weighted by Gasteiger charge is 2.39. The monoisotopic (exact) mass is 419 g/mol. The van der Waals surface area contributed by atoms with Crippen molar-refractivity contribution in [3.05, 3.63) is 42.5 Å². The molecule has 0 unspecified atom stereocenters. The van der Waals surface area contributed by atoms with Crippen LogP contribution in [0.25, 0.3) is 10.2 Å². The highest BCUT2D eigenvalue weighted by atomic mass is 32.2. The van der Waals surface area contributed by atoms with Crippen molar-refractivity contribution in [2.75, 3.05) is 11.9 Å². The summed E-state index contributed by atoms with van der Waals surface area (Å²) < 4.78 is 27.6. The van der Waals surface area contributed by atoms with Gasteiger partial charge in [-0.15, -0.1) is 0 Å². The first-order valence-electron chi connectivity index (χ1n) is 8.56. The molecule has 1 amide bonds. The number of sulfonamides is 1. The summed E-state index contributed by atoms with van der Waals surface area (Å²) in [6.45, 7) is 0.275. The van der Waals surface area contributed by atoms with Gasteiger partial charge in [0.1, 0.15) is 6.04 Å². The summed E-state index contributed by atoms with van der Waals surface area (Å²) in [5.74, 6) is -1.03. The zero-order valence-electron chi connectivity index (χ0n) is 14.6. The number of carbonyl (C=O) groups excluding carboxylic acids is 1. The minimum atomic E-state index is -3.77. The van der Waals surface area contributed by atoms with Crippen molar-refractivity contribution in [3.63, 3.8) is 0 Å². The second kappa shape index (κ2) is 7.04. The van der Waals surface area contributed by atoms with Gasteiger partial charge in [-0.1, -0.05) is 29.5 Å². The van der Waals surface area contributed by atoms with Crippen LogP contribution in [-0.2, 0) is 14.8 Å². The first kappa shape index (κ1) is 18.7. The van der Waals surface area contributed by atoms with Crippen LogP contribution in [0.5, 0.6) is 11.5 Å². The highest BCUT2D eigenvalue weighted by Crippen LogP contribution is 2.35. The van der Waals surface area contributed by atoms with E-state index < -0.39 is 22.0 Å². The van der Waals surface area contributed by atoms with E-state index in [1.54, 1.807) is 18.2 Å². The van der Waals surface area contributed by atoms with Crippen LogP contribution in [0, 0.1) is 0 Å². The van der Waals surface area contributed by atoms with E-state index in [-0.39, 0.29) is 28.1 Å². The predicted molar refractivity (Wildman–Crippen MR) is 105 cm³/mol. The molecule has 0 saturated carbocycles. The van der Waals surface area contributed by atoms with E-state index in [1.807, 2.05) is 0 Å². The van der Waals surface area contributed by atoms with Crippen LogP contribution in [0.4, 0.5) is 5.13 Å². The maximum absolute atomic E-state index is 12.9. The molecule has 2 aromatic carbocycles. The summed E-state index contributed by atoms with van der Waals surface area (Å²) in [7, 11) is -3.77. The molecule has 3 aromatic rings. The number of anilines is 1. The lowest BCUT2D eigenvalue weighted by Gasteiger charge is -2.22. The molecule has 146 valence electrons. The van der Waals surface area contributed by atoms with Gasteiger partial charge in [0.15, 0.2) is 16.6 Å². The highest BCUT2D eigenvalue weighted by molar-refractivity contribution is 7.89. The van der Waals surface area contributed by atoms with Gasteiger partial charge in [0.05, 0.1) is 15.1 Å². The maximum atomic E-state index is 12.9. The summed E-state index contributed by atoms with van der Waals surface area (Å²) in [5.41, 5.74) is 0.427. The lowest BCUT2D eigenvalue weighted by atomic mass is 10.2. The van der Waals surface area contributed by atoms with Crippen molar-refractivity contribution < 1.29 is 23.4 Å². The number of hydrogen-bond donors (Lipinski definition) is 3. The Balaban J connectivity index is 1.57. The summed E-state index contributed by atoms with van der Waals surface area (Å²) >= 11 is 1.13. The Labute approximate surface area is 165 Å². The Morgan fingerprint density at radius 2 is 1.89 bits per heavy atom. The number of benzene rings is 2. The number of rotatable bonds is 4. The number of nitrogens with one attached hydrogen (secondary N) is 1. The fraction of sp³-hybridized carbons (Fsp3) is 0.222. The zero-order chi connectivity index (χ0) is 19.9. The average Bonchev–Trinajstić information content (AvgIpc) is 3.30. The average molecular weight is 419 g/mol. The standard InChI is InChI=1S/C18H17N3O5S2/c22-14-9-12-16(10-15(14)23)27-18(19-12)20-17(24)13-7-4-8-21(13)28(25,26)11-5-2-1-3-6-11/h1-3,5-6,9-10,13,22-23H,4,7-8H2,(H,19,20,24)/t13-/m1/s1. The number of fused-ring (bicyclic) bond motifs is 1. The van der Waals surface area contributed by atoms with Gasteiger partial charge in [0.2, 0.25) is 15.9 Å². The molecule has 8 nitrogen and oxygen atoms in total. The van der Waals surface area contributed by atoms with Crippen molar-refractivity contribution >= 4 is 42.6 Å². The van der Waals surface area contributed by atoms with Crippen LogP contribution in [0.3, 0.4) is 0 Å². The minimum absolute atomic E-state index is 0.153. The third kappa shape index (κ3) is 3.30. The Morgan fingerprint density at radius 3 is 2.64 bits per heavy atom. The molecule has 1 saturated heterocycles. The van der Waals surface area contributed by atoms with Gasteiger partial charge in [-0.25, -0.2) is 13.4 Å². The molecular formula is C18H17N3O5S2. The Bertz CT molecular complexity index is 1110. The molecule has 28 heavy (non-hydrogen) atoms. The van der Waals surface area contributed by atoms with E-state index in [2.05, 4.69) is 10.3 Å². The van der Waals surface area contributed by atoms with Crippen LogP contribution < -0.4 is 5.32 Å². The van der Waals surface area contributed by atoms with Crippen molar-refractivity contribution in [1.82, 2.24) is 9.29 Å². The smallest absolute Gasteiger partial charge is 0.244 e. The van der Waals surface area contributed by atoms with Gasteiger partial charge >= 0.3 is 0 Å². The van der Waals surface area contributed by atoms with Crippen LogP contribution >= 0.6 is 11.3 Å². The van der Waals surface area contributed by atoms with Gasteiger partial charge in [0.25, 0.3) is 0 Å². The van der Waals surface area contributed by atoms with E-state index in [0.717, 1.165) is 11.3 Å². The Morgan fingerprint density at radius 1 is 1.18 bits per heavy atom. The summed E-state index contributed by atoms with van der Waals surface area (Å²) in [6, 6.07) is 9.88. The summed E-state index contributed by atoms with van der Waals surface area (Å²) in [5, 5.41) is 22.1. The molecule has 0 spiro atoms. The second-order valence-electron chi connectivity index (χ2n) is 6.40. The van der Waals surface area contributed by atoms with E-state index in [1.165, 1.54) is 28.6 Å². The first-order valence-corrected chi connectivity index (χ1v) is 10.8. The van der Waals surface area contributed by atoms with Crippen LogP contribution in [0.2, 0.25) is 0 Å². The van der Waals surface area contributed by atoms with Crippen LogP contribution in [0.1, 0.15) is 12.8 Å². The van der Waals surface area contributed by atoms with Crippen molar-refractivity contribution in [1.29, 1.82) is 0 Å². The van der Waals surface area contributed by atoms with Gasteiger partial charge in [-0.2, -0.15) is 4.31 Å². The normalized spacial score (nSPS) is 17.8. The zero-order valence-corrected chi connectivity index (χ0v) is 16.2. The molecule has 4 rings (SSSR count). The number of hydrogen-bond acceptors (Lipinski definition) is 7. The number of aromatic hydroxyl groups is 2. The Kier molecular flexibility index (Phi) is 4.69.